The second-order valence-corrected chi connectivity index (χ2v) is 3.18. The minimum atomic E-state index is -5.26. The van der Waals surface area contributed by atoms with Gasteiger partial charge in [-0.1, -0.05) is 5.16 Å². The van der Waals surface area contributed by atoms with Crippen LogP contribution in [0.1, 0.15) is 11.5 Å². The number of aryl methyl sites for hydroxylation is 2. The van der Waals surface area contributed by atoms with Gasteiger partial charge in [0.05, 0.1) is 0 Å². The average molecular weight is 267 g/mol. The standard InChI is InChI=1S/C8H8F3N3O4/c1-3-5(4(2)17-13-3)14(7(12)16)18-6(15)8(9,10)11/h1-2H3,(H2,12,16). The number of primary amides is 1. The summed E-state index contributed by atoms with van der Waals surface area (Å²) in [4.78, 5) is 25.5. The lowest BCUT2D eigenvalue weighted by Gasteiger charge is -2.18. The molecule has 100 valence electrons. The number of rotatable bonds is 1. The van der Waals surface area contributed by atoms with E-state index in [-0.39, 0.29) is 22.2 Å². The molecule has 1 aromatic heterocycles. The summed E-state index contributed by atoms with van der Waals surface area (Å²) in [6, 6.07) is -1.41. The van der Waals surface area contributed by atoms with Crippen LogP contribution in [0.25, 0.3) is 0 Å². The van der Waals surface area contributed by atoms with Gasteiger partial charge >= 0.3 is 18.2 Å². The number of urea groups is 1. The van der Waals surface area contributed by atoms with Crippen LogP contribution in [-0.2, 0) is 9.63 Å². The van der Waals surface area contributed by atoms with Gasteiger partial charge in [-0.2, -0.15) is 13.2 Å². The van der Waals surface area contributed by atoms with Crippen molar-refractivity contribution < 1.29 is 32.1 Å². The fourth-order valence-corrected chi connectivity index (χ4v) is 1.10. The normalized spacial score (nSPS) is 11.2. The highest BCUT2D eigenvalue weighted by Gasteiger charge is 2.44. The van der Waals surface area contributed by atoms with Crippen molar-refractivity contribution in [3.05, 3.63) is 11.5 Å². The Kier molecular flexibility index (Phi) is 3.49. The van der Waals surface area contributed by atoms with Crippen LogP contribution in [0.2, 0.25) is 0 Å². The number of hydrogen-bond acceptors (Lipinski definition) is 5. The first-order valence-electron chi connectivity index (χ1n) is 4.46. The predicted octanol–water partition coefficient (Wildman–Crippen LogP) is 1.20. The highest BCUT2D eigenvalue weighted by Crippen LogP contribution is 2.26. The van der Waals surface area contributed by atoms with E-state index >= 15 is 0 Å². The molecule has 0 atom stereocenters. The van der Waals surface area contributed by atoms with Crippen LogP contribution >= 0.6 is 0 Å². The molecule has 0 saturated carbocycles. The number of nitrogens with zero attached hydrogens (tertiary/aromatic N) is 2. The molecule has 1 rings (SSSR count). The Hall–Kier alpha value is -2.26. The Labute approximate surface area is 98.2 Å². The van der Waals surface area contributed by atoms with Gasteiger partial charge in [0.1, 0.15) is 5.69 Å². The van der Waals surface area contributed by atoms with Gasteiger partial charge in [0.15, 0.2) is 11.4 Å². The molecule has 2 amide bonds. The van der Waals surface area contributed by atoms with Crippen molar-refractivity contribution in [1.29, 1.82) is 0 Å². The molecule has 0 aliphatic rings. The largest absolute Gasteiger partial charge is 0.493 e. The third kappa shape index (κ3) is 2.70. The van der Waals surface area contributed by atoms with Crippen molar-refractivity contribution in [2.24, 2.45) is 5.73 Å². The topological polar surface area (TPSA) is 98.7 Å². The van der Waals surface area contributed by atoms with Gasteiger partial charge < -0.3 is 15.1 Å². The fraction of sp³-hybridized carbons (Fsp3) is 0.375. The zero-order valence-electron chi connectivity index (χ0n) is 9.24. The van der Waals surface area contributed by atoms with Gasteiger partial charge in [-0.25, -0.2) is 9.59 Å². The van der Waals surface area contributed by atoms with E-state index < -0.39 is 18.2 Å². The first kappa shape index (κ1) is 13.8. The van der Waals surface area contributed by atoms with Crippen LogP contribution in [0.15, 0.2) is 4.52 Å². The monoisotopic (exact) mass is 267 g/mol. The number of carbonyl (C=O) groups is 2. The van der Waals surface area contributed by atoms with Gasteiger partial charge in [-0.05, 0) is 13.8 Å². The Morgan fingerprint density at radius 1 is 1.39 bits per heavy atom. The van der Waals surface area contributed by atoms with Crippen LogP contribution in [0.3, 0.4) is 0 Å². The fourth-order valence-electron chi connectivity index (χ4n) is 1.10. The van der Waals surface area contributed by atoms with Crippen LogP contribution in [0, 0.1) is 13.8 Å². The molecule has 1 heterocycles. The third-order valence-electron chi connectivity index (χ3n) is 1.80. The molecule has 0 bridgehead atoms. The Bertz CT molecular complexity index is 463. The molecule has 0 unspecified atom stereocenters. The summed E-state index contributed by atoms with van der Waals surface area (Å²) in [5.41, 5.74) is 4.62. The average Bonchev–Trinajstić information content (AvgIpc) is 2.53. The maximum Gasteiger partial charge on any atom is 0.493 e. The minimum absolute atomic E-state index is 0.0169. The van der Waals surface area contributed by atoms with Crippen LogP contribution in [0.4, 0.5) is 23.7 Å². The SMILES string of the molecule is Cc1noc(C)c1N(OC(=O)C(F)(F)F)C(N)=O. The Morgan fingerprint density at radius 2 is 1.94 bits per heavy atom. The number of anilines is 1. The van der Waals surface area contributed by atoms with Crippen molar-refractivity contribution in [2.45, 2.75) is 20.0 Å². The van der Waals surface area contributed by atoms with E-state index in [4.69, 9.17) is 5.73 Å². The predicted molar refractivity (Wildman–Crippen MR) is 50.2 cm³/mol. The number of carbonyl (C=O) groups excluding carboxylic acids is 2. The molecule has 0 saturated heterocycles. The summed E-state index contributed by atoms with van der Waals surface area (Å²) in [6.07, 6.45) is -5.26. The van der Waals surface area contributed by atoms with E-state index in [9.17, 15) is 22.8 Å². The molecule has 0 aromatic carbocycles. The molecular weight excluding hydrogens is 259 g/mol. The molecule has 18 heavy (non-hydrogen) atoms. The highest BCUT2D eigenvalue weighted by molar-refractivity contribution is 5.92. The number of alkyl halides is 3. The maximum absolute atomic E-state index is 12.0. The van der Waals surface area contributed by atoms with E-state index in [0.29, 0.717) is 0 Å². The Morgan fingerprint density at radius 3 is 2.28 bits per heavy atom. The molecule has 7 nitrogen and oxygen atoms in total. The number of hydrogen-bond donors (Lipinski definition) is 1. The molecule has 0 fully saturated rings. The molecular formula is C8H8F3N3O4. The summed E-state index contributed by atoms with van der Waals surface area (Å²) in [7, 11) is 0. The van der Waals surface area contributed by atoms with E-state index in [0.717, 1.165) is 0 Å². The van der Waals surface area contributed by atoms with E-state index in [1.165, 1.54) is 13.8 Å². The van der Waals surface area contributed by atoms with E-state index in [1.54, 1.807) is 0 Å². The molecule has 0 aliphatic carbocycles. The second-order valence-electron chi connectivity index (χ2n) is 3.18. The number of halogens is 3. The van der Waals surface area contributed by atoms with Crippen molar-refractivity contribution >= 4 is 17.7 Å². The summed E-state index contributed by atoms with van der Waals surface area (Å²) >= 11 is 0. The number of amides is 2. The highest BCUT2D eigenvalue weighted by atomic mass is 19.4. The maximum atomic E-state index is 12.0. The molecule has 2 N–H and O–H groups in total. The van der Waals surface area contributed by atoms with Gasteiger partial charge in [-0.3, -0.25) is 0 Å². The zero-order valence-corrected chi connectivity index (χ0v) is 9.24. The quantitative estimate of drug-likeness (QED) is 0.770. The molecule has 0 radical (unpaired) electrons. The lowest BCUT2D eigenvalue weighted by molar-refractivity contribution is -0.199. The Balaban J connectivity index is 3.06. The van der Waals surface area contributed by atoms with Crippen molar-refractivity contribution in [2.75, 3.05) is 5.06 Å². The first-order valence-corrected chi connectivity index (χ1v) is 4.46. The van der Waals surface area contributed by atoms with Gasteiger partial charge in [-0.15, -0.1) is 5.06 Å². The van der Waals surface area contributed by atoms with E-state index in [2.05, 4.69) is 14.5 Å². The van der Waals surface area contributed by atoms with Crippen LogP contribution in [0.5, 0.6) is 0 Å². The minimum Gasteiger partial charge on any atom is -0.359 e. The number of hydroxylamine groups is 1. The molecule has 10 heteroatoms. The number of nitrogens with two attached hydrogens (primary N) is 1. The van der Waals surface area contributed by atoms with Crippen molar-refractivity contribution in [1.82, 2.24) is 5.16 Å². The lowest BCUT2D eigenvalue weighted by atomic mass is 10.3. The molecule has 0 spiro atoms. The van der Waals surface area contributed by atoms with Crippen molar-refractivity contribution in [3.8, 4) is 0 Å². The summed E-state index contributed by atoms with van der Waals surface area (Å²) in [5.74, 6) is -2.61. The second kappa shape index (κ2) is 4.55. The van der Waals surface area contributed by atoms with E-state index in [1.807, 2.05) is 0 Å². The van der Waals surface area contributed by atoms with Gasteiger partial charge in [0, 0.05) is 0 Å². The smallest absolute Gasteiger partial charge is 0.359 e. The number of aromatic nitrogens is 1. The summed E-state index contributed by atoms with van der Waals surface area (Å²) < 4.78 is 40.7. The van der Waals surface area contributed by atoms with Crippen molar-refractivity contribution in [3.63, 3.8) is 0 Å². The first-order chi connectivity index (χ1) is 8.14. The summed E-state index contributed by atoms with van der Waals surface area (Å²) in [5, 5.41) is 3.38. The third-order valence-corrected chi connectivity index (χ3v) is 1.80. The van der Waals surface area contributed by atoms with Gasteiger partial charge in [0.2, 0.25) is 0 Å². The van der Waals surface area contributed by atoms with Crippen LogP contribution < -0.4 is 10.8 Å². The summed E-state index contributed by atoms with van der Waals surface area (Å²) in [6.45, 7) is 2.65. The van der Waals surface area contributed by atoms with Gasteiger partial charge in [0.25, 0.3) is 0 Å². The molecule has 0 aliphatic heterocycles. The zero-order chi connectivity index (χ0) is 14.1. The van der Waals surface area contributed by atoms with Crippen LogP contribution in [-0.4, -0.2) is 23.3 Å². The molecule has 1 aromatic rings. The lowest BCUT2D eigenvalue weighted by Crippen LogP contribution is -2.42.